The molecule has 60 heavy (non-hydrogen) atoms. The average molecular weight is 768 g/mol. The number of hydrogen-bond acceptors (Lipinski definition) is 5. The van der Waals surface area contributed by atoms with Gasteiger partial charge in [0.2, 0.25) is 0 Å². The molecule has 10 aromatic rings. The zero-order valence-electron chi connectivity index (χ0n) is 32.6. The van der Waals surface area contributed by atoms with Gasteiger partial charge in [-0.25, -0.2) is 24.9 Å². The van der Waals surface area contributed by atoms with Crippen LogP contribution in [0.15, 0.2) is 224 Å². The van der Waals surface area contributed by atoms with E-state index in [9.17, 15) is 0 Å². The molecule has 10 rings (SSSR count). The number of rotatable bonds is 9. The van der Waals surface area contributed by atoms with Crippen LogP contribution in [-0.4, -0.2) is 24.9 Å². The molecule has 5 heteroatoms. The van der Waals surface area contributed by atoms with E-state index in [1.54, 1.807) is 0 Å². The predicted molar refractivity (Wildman–Crippen MR) is 244 cm³/mol. The lowest BCUT2D eigenvalue weighted by atomic mass is 9.98. The molecule has 0 N–H and O–H groups in total. The molecule has 0 spiro atoms. The van der Waals surface area contributed by atoms with Gasteiger partial charge >= 0.3 is 0 Å². The highest BCUT2D eigenvalue weighted by Gasteiger charge is 2.16. The maximum absolute atomic E-state index is 5.14. The quantitative estimate of drug-likeness (QED) is 0.146. The fourth-order valence-corrected chi connectivity index (χ4v) is 7.46. The minimum Gasteiger partial charge on any atom is -0.228 e. The molecular weight excluding hydrogens is 731 g/mol. The molecule has 0 unspecified atom stereocenters. The first-order valence-electron chi connectivity index (χ1n) is 20.0. The first-order chi connectivity index (χ1) is 29.7. The van der Waals surface area contributed by atoms with Gasteiger partial charge in [-0.05, 0) is 63.7 Å². The summed E-state index contributed by atoms with van der Waals surface area (Å²) in [5.41, 5.74) is 14.1. The molecule has 0 bridgehead atoms. The van der Waals surface area contributed by atoms with Crippen molar-refractivity contribution >= 4 is 0 Å². The fraction of sp³-hybridized carbons (Fsp3) is 0. The van der Waals surface area contributed by atoms with Crippen molar-refractivity contribution in [1.29, 1.82) is 0 Å². The first kappa shape index (κ1) is 36.2. The molecule has 0 saturated heterocycles. The van der Waals surface area contributed by atoms with Crippen molar-refractivity contribution in [3.8, 4) is 101 Å². The van der Waals surface area contributed by atoms with Gasteiger partial charge in [0.1, 0.15) is 0 Å². The second-order valence-electron chi connectivity index (χ2n) is 14.6. The SMILES string of the molecule is c1ccc(-c2cccc(-c3cc(-c4cccc(-c5cccc(-c6nc(-c7ccccc7)nc(-c7cccc(-c8ccccc8)c7)n6)c5)c4)nc(-c4ccccc4)n3)c2)cc1. The fourth-order valence-electron chi connectivity index (χ4n) is 7.46. The van der Waals surface area contributed by atoms with E-state index in [4.69, 9.17) is 24.9 Å². The van der Waals surface area contributed by atoms with Crippen LogP contribution in [0.25, 0.3) is 101 Å². The van der Waals surface area contributed by atoms with Crippen molar-refractivity contribution in [2.45, 2.75) is 0 Å². The van der Waals surface area contributed by atoms with Crippen LogP contribution < -0.4 is 0 Å². The topological polar surface area (TPSA) is 64.5 Å². The Morgan fingerprint density at radius 2 is 0.417 bits per heavy atom. The van der Waals surface area contributed by atoms with Gasteiger partial charge in [0, 0.05) is 33.4 Å². The van der Waals surface area contributed by atoms with Gasteiger partial charge in [0.25, 0.3) is 0 Å². The summed E-state index contributed by atoms with van der Waals surface area (Å²) in [6, 6.07) is 77.0. The maximum Gasteiger partial charge on any atom is 0.164 e. The highest BCUT2D eigenvalue weighted by molar-refractivity contribution is 5.80. The van der Waals surface area contributed by atoms with Crippen LogP contribution >= 0.6 is 0 Å². The Balaban J connectivity index is 1.04. The summed E-state index contributed by atoms with van der Waals surface area (Å²) in [7, 11) is 0. The standard InChI is InChI=1S/C55H37N5/c1-5-17-38(18-6-1)42-25-13-29-46(33-42)50-37-51(57-52(56-50)40-21-9-3-10-22-40)47-30-14-27-44(34-47)45-28-16-32-49(36-45)55-59-53(41-23-11-4-12-24-41)58-54(60-55)48-31-15-26-43(35-48)39-19-7-2-8-20-39/h1-37H. The molecule has 8 aromatic carbocycles. The van der Waals surface area contributed by atoms with Crippen molar-refractivity contribution in [2.75, 3.05) is 0 Å². The molecule has 5 nitrogen and oxygen atoms in total. The maximum atomic E-state index is 5.14. The Kier molecular flexibility index (Phi) is 9.88. The molecule has 0 atom stereocenters. The molecule has 2 aromatic heterocycles. The van der Waals surface area contributed by atoms with Gasteiger partial charge in [-0.2, -0.15) is 0 Å². The van der Waals surface area contributed by atoms with Crippen LogP contribution in [0.5, 0.6) is 0 Å². The largest absolute Gasteiger partial charge is 0.228 e. The van der Waals surface area contributed by atoms with Crippen molar-refractivity contribution < 1.29 is 0 Å². The molecule has 282 valence electrons. The average Bonchev–Trinajstić information content (AvgIpc) is 3.35. The van der Waals surface area contributed by atoms with E-state index in [1.165, 1.54) is 0 Å². The lowest BCUT2D eigenvalue weighted by molar-refractivity contribution is 1.07. The summed E-state index contributed by atoms with van der Waals surface area (Å²) in [5.74, 6) is 2.52. The van der Waals surface area contributed by atoms with Crippen LogP contribution in [0.2, 0.25) is 0 Å². The lowest BCUT2D eigenvalue weighted by Crippen LogP contribution is -2.00. The molecule has 2 heterocycles. The summed E-state index contributed by atoms with van der Waals surface area (Å²) in [5, 5.41) is 0. The molecule has 0 saturated carbocycles. The van der Waals surface area contributed by atoms with E-state index >= 15 is 0 Å². The summed E-state index contributed by atoms with van der Waals surface area (Å²) >= 11 is 0. The zero-order valence-corrected chi connectivity index (χ0v) is 32.6. The van der Waals surface area contributed by atoms with Crippen molar-refractivity contribution in [3.05, 3.63) is 224 Å². The molecular formula is C55H37N5. The van der Waals surface area contributed by atoms with Gasteiger partial charge in [0.15, 0.2) is 23.3 Å². The molecule has 0 aliphatic rings. The Labute approximate surface area is 349 Å². The van der Waals surface area contributed by atoms with E-state index in [0.29, 0.717) is 23.3 Å². The summed E-state index contributed by atoms with van der Waals surface area (Å²) in [6.45, 7) is 0. The summed E-state index contributed by atoms with van der Waals surface area (Å²) in [6.07, 6.45) is 0. The minimum atomic E-state index is 0.604. The summed E-state index contributed by atoms with van der Waals surface area (Å²) < 4.78 is 0. The molecule has 0 amide bonds. The van der Waals surface area contributed by atoms with Crippen LogP contribution in [0.1, 0.15) is 0 Å². The van der Waals surface area contributed by atoms with Gasteiger partial charge in [-0.3, -0.25) is 0 Å². The Morgan fingerprint density at radius 3 is 0.800 bits per heavy atom. The van der Waals surface area contributed by atoms with E-state index in [2.05, 4.69) is 164 Å². The van der Waals surface area contributed by atoms with E-state index in [-0.39, 0.29) is 0 Å². The highest BCUT2D eigenvalue weighted by Crippen LogP contribution is 2.34. The van der Waals surface area contributed by atoms with Crippen LogP contribution in [0.3, 0.4) is 0 Å². The molecule has 0 aliphatic heterocycles. The molecule has 0 radical (unpaired) electrons. The Bertz CT molecular complexity index is 2870. The smallest absolute Gasteiger partial charge is 0.164 e. The predicted octanol–water partition coefficient (Wildman–Crippen LogP) is 13.7. The van der Waals surface area contributed by atoms with Gasteiger partial charge in [-0.1, -0.05) is 194 Å². The van der Waals surface area contributed by atoms with E-state index in [0.717, 1.165) is 78.1 Å². The third-order valence-electron chi connectivity index (χ3n) is 10.5. The highest BCUT2D eigenvalue weighted by atomic mass is 15.0. The Hall–Kier alpha value is -8.15. The van der Waals surface area contributed by atoms with Crippen LogP contribution in [0, 0.1) is 0 Å². The monoisotopic (exact) mass is 767 g/mol. The van der Waals surface area contributed by atoms with Crippen molar-refractivity contribution in [1.82, 2.24) is 24.9 Å². The minimum absolute atomic E-state index is 0.604. The second kappa shape index (κ2) is 16.4. The third kappa shape index (κ3) is 7.76. The molecule has 0 aliphatic carbocycles. The number of aromatic nitrogens is 5. The van der Waals surface area contributed by atoms with Crippen molar-refractivity contribution in [2.24, 2.45) is 0 Å². The third-order valence-corrected chi connectivity index (χ3v) is 10.5. The van der Waals surface area contributed by atoms with E-state index < -0.39 is 0 Å². The Morgan fingerprint density at radius 1 is 0.167 bits per heavy atom. The number of nitrogens with zero attached hydrogens (tertiary/aromatic N) is 5. The zero-order chi connectivity index (χ0) is 40.1. The van der Waals surface area contributed by atoms with E-state index in [1.807, 2.05) is 60.7 Å². The lowest BCUT2D eigenvalue weighted by Gasteiger charge is -2.12. The van der Waals surface area contributed by atoms with Crippen LogP contribution in [-0.2, 0) is 0 Å². The number of hydrogen-bond donors (Lipinski definition) is 0. The van der Waals surface area contributed by atoms with Gasteiger partial charge < -0.3 is 0 Å². The van der Waals surface area contributed by atoms with Gasteiger partial charge in [0.05, 0.1) is 11.4 Å². The van der Waals surface area contributed by atoms with Crippen molar-refractivity contribution in [3.63, 3.8) is 0 Å². The normalized spacial score (nSPS) is 11.0. The first-order valence-corrected chi connectivity index (χ1v) is 20.0. The summed E-state index contributed by atoms with van der Waals surface area (Å²) in [4.78, 5) is 25.4. The number of benzene rings is 8. The van der Waals surface area contributed by atoms with Crippen LogP contribution in [0.4, 0.5) is 0 Å². The molecule has 0 fully saturated rings. The second-order valence-corrected chi connectivity index (χ2v) is 14.6. The van der Waals surface area contributed by atoms with Gasteiger partial charge in [-0.15, -0.1) is 0 Å².